The van der Waals surface area contributed by atoms with Gasteiger partial charge in [0.1, 0.15) is 4.21 Å². The van der Waals surface area contributed by atoms with Gasteiger partial charge in [0.05, 0.1) is 0 Å². The van der Waals surface area contributed by atoms with Crippen molar-refractivity contribution in [3.05, 3.63) is 17.0 Å². The van der Waals surface area contributed by atoms with Crippen LogP contribution in [0.3, 0.4) is 0 Å². The average Bonchev–Trinajstić information content (AvgIpc) is 2.72. The number of amides is 1. The molecule has 0 aromatic carbocycles. The Bertz CT molecular complexity index is 580. The molecule has 1 aromatic rings. The third-order valence-electron chi connectivity index (χ3n) is 3.42. The first kappa shape index (κ1) is 15.5. The lowest BCUT2D eigenvalue weighted by Gasteiger charge is -2.21. The molecular weight excluding hydrogens is 296 g/mol. The monoisotopic (exact) mass is 316 g/mol. The van der Waals surface area contributed by atoms with Crippen LogP contribution in [0.5, 0.6) is 0 Å². The Labute approximate surface area is 124 Å². The minimum Gasteiger partial charge on any atom is -0.341 e. The van der Waals surface area contributed by atoms with Crippen LogP contribution in [0.15, 0.2) is 16.3 Å². The highest BCUT2D eigenvalue weighted by molar-refractivity contribution is 7.91. The zero-order chi connectivity index (χ0) is 14.8. The molecule has 0 unspecified atom stereocenters. The molecule has 7 heteroatoms. The molecule has 1 fully saturated rings. The van der Waals surface area contributed by atoms with Gasteiger partial charge in [-0.05, 0) is 25.5 Å². The van der Waals surface area contributed by atoms with Gasteiger partial charge >= 0.3 is 0 Å². The minimum atomic E-state index is -3.41. The van der Waals surface area contributed by atoms with Crippen LogP contribution in [0, 0.1) is 6.92 Å². The van der Waals surface area contributed by atoms with Gasteiger partial charge < -0.3 is 4.90 Å². The second-order valence-electron chi connectivity index (χ2n) is 4.86. The topological polar surface area (TPSA) is 57.7 Å². The molecule has 1 aromatic heterocycles. The van der Waals surface area contributed by atoms with Gasteiger partial charge in [-0.3, -0.25) is 4.79 Å². The molecule has 0 radical (unpaired) electrons. The van der Waals surface area contributed by atoms with Gasteiger partial charge in [-0.2, -0.15) is 4.31 Å². The SMILES string of the molecule is CCC(=O)N1CCCN(S(=O)(=O)c2ccc(C)s2)CC1. The van der Waals surface area contributed by atoms with Crippen molar-refractivity contribution in [1.82, 2.24) is 9.21 Å². The van der Waals surface area contributed by atoms with E-state index in [0.717, 1.165) is 4.88 Å². The number of hydrogen-bond donors (Lipinski definition) is 0. The second kappa shape index (κ2) is 6.24. The van der Waals surface area contributed by atoms with Gasteiger partial charge in [-0.15, -0.1) is 11.3 Å². The predicted molar refractivity (Wildman–Crippen MR) is 79.3 cm³/mol. The lowest BCUT2D eigenvalue weighted by Crippen LogP contribution is -2.36. The summed E-state index contributed by atoms with van der Waals surface area (Å²) in [5.41, 5.74) is 0. The van der Waals surface area contributed by atoms with Crippen LogP contribution >= 0.6 is 11.3 Å². The van der Waals surface area contributed by atoms with Crippen molar-refractivity contribution in [3.63, 3.8) is 0 Å². The summed E-state index contributed by atoms with van der Waals surface area (Å²) in [6.07, 6.45) is 1.16. The number of carbonyl (C=O) groups excluding carboxylic acids is 1. The quantitative estimate of drug-likeness (QED) is 0.852. The third-order valence-corrected chi connectivity index (χ3v) is 6.79. The summed E-state index contributed by atoms with van der Waals surface area (Å²) in [7, 11) is -3.41. The van der Waals surface area contributed by atoms with E-state index in [1.165, 1.54) is 15.6 Å². The third kappa shape index (κ3) is 3.21. The van der Waals surface area contributed by atoms with Crippen molar-refractivity contribution in [2.75, 3.05) is 26.2 Å². The number of carbonyl (C=O) groups is 1. The van der Waals surface area contributed by atoms with E-state index in [1.54, 1.807) is 11.0 Å². The molecule has 0 aliphatic carbocycles. The molecule has 1 saturated heterocycles. The van der Waals surface area contributed by atoms with Crippen molar-refractivity contribution in [2.24, 2.45) is 0 Å². The highest BCUT2D eigenvalue weighted by Gasteiger charge is 2.28. The van der Waals surface area contributed by atoms with Gasteiger partial charge in [0.25, 0.3) is 10.0 Å². The highest BCUT2D eigenvalue weighted by atomic mass is 32.2. The maximum atomic E-state index is 12.5. The second-order valence-corrected chi connectivity index (χ2v) is 8.31. The average molecular weight is 316 g/mol. The Morgan fingerprint density at radius 2 is 2.00 bits per heavy atom. The summed E-state index contributed by atoms with van der Waals surface area (Å²) in [4.78, 5) is 14.5. The Morgan fingerprint density at radius 3 is 2.60 bits per heavy atom. The largest absolute Gasteiger partial charge is 0.341 e. The van der Waals surface area contributed by atoms with Gasteiger partial charge in [0.15, 0.2) is 0 Å². The molecule has 0 spiro atoms. The number of sulfonamides is 1. The first-order valence-electron chi connectivity index (χ1n) is 6.79. The van der Waals surface area contributed by atoms with E-state index in [0.29, 0.717) is 43.2 Å². The first-order valence-corrected chi connectivity index (χ1v) is 9.05. The maximum absolute atomic E-state index is 12.5. The highest BCUT2D eigenvalue weighted by Crippen LogP contribution is 2.25. The fraction of sp³-hybridized carbons (Fsp3) is 0.615. The van der Waals surface area contributed by atoms with Gasteiger partial charge in [0, 0.05) is 37.5 Å². The molecular formula is C13H20N2O3S2. The van der Waals surface area contributed by atoms with Crippen molar-refractivity contribution < 1.29 is 13.2 Å². The van der Waals surface area contributed by atoms with E-state index in [-0.39, 0.29) is 5.91 Å². The number of nitrogens with zero attached hydrogens (tertiary/aromatic N) is 2. The Kier molecular flexibility index (Phi) is 4.82. The van der Waals surface area contributed by atoms with Crippen LogP contribution in [0.4, 0.5) is 0 Å². The van der Waals surface area contributed by atoms with Crippen LogP contribution in [0.25, 0.3) is 0 Å². The molecule has 0 bridgehead atoms. The minimum absolute atomic E-state index is 0.0937. The maximum Gasteiger partial charge on any atom is 0.252 e. The van der Waals surface area contributed by atoms with Crippen LogP contribution in [-0.4, -0.2) is 49.7 Å². The summed E-state index contributed by atoms with van der Waals surface area (Å²) in [5, 5.41) is 0. The van der Waals surface area contributed by atoms with Crippen LogP contribution in [0.2, 0.25) is 0 Å². The zero-order valence-corrected chi connectivity index (χ0v) is 13.5. The van der Waals surface area contributed by atoms with Crippen LogP contribution in [-0.2, 0) is 14.8 Å². The van der Waals surface area contributed by atoms with E-state index in [4.69, 9.17) is 0 Å². The Balaban J connectivity index is 2.12. The van der Waals surface area contributed by atoms with Gasteiger partial charge in [-0.1, -0.05) is 6.92 Å². The molecule has 2 heterocycles. The molecule has 2 rings (SSSR count). The zero-order valence-electron chi connectivity index (χ0n) is 11.8. The number of rotatable bonds is 3. The van der Waals surface area contributed by atoms with E-state index >= 15 is 0 Å². The summed E-state index contributed by atoms with van der Waals surface area (Å²) < 4.78 is 27.0. The van der Waals surface area contributed by atoms with Crippen LogP contribution in [0.1, 0.15) is 24.6 Å². The summed E-state index contributed by atoms with van der Waals surface area (Å²) in [6, 6.07) is 3.48. The molecule has 20 heavy (non-hydrogen) atoms. The van der Waals surface area contributed by atoms with Crippen molar-refractivity contribution in [2.45, 2.75) is 30.9 Å². The van der Waals surface area contributed by atoms with E-state index in [2.05, 4.69) is 0 Å². The lowest BCUT2D eigenvalue weighted by atomic mass is 10.3. The van der Waals surface area contributed by atoms with Crippen molar-refractivity contribution in [1.29, 1.82) is 0 Å². The summed E-state index contributed by atoms with van der Waals surface area (Å²) in [6.45, 7) is 5.71. The molecule has 0 atom stereocenters. The smallest absolute Gasteiger partial charge is 0.252 e. The Morgan fingerprint density at radius 1 is 1.25 bits per heavy atom. The van der Waals surface area contributed by atoms with E-state index < -0.39 is 10.0 Å². The molecule has 1 aliphatic heterocycles. The normalized spacial score (nSPS) is 18.0. The Hall–Kier alpha value is -0.920. The van der Waals surface area contributed by atoms with E-state index in [1.807, 2.05) is 19.9 Å². The standard InChI is InChI=1S/C13H20N2O3S2/c1-3-12(16)14-7-4-8-15(10-9-14)20(17,18)13-6-5-11(2)19-13/h5-6H,3-4,7-10H2,1-2H3. The van der Waals surface area contributed by atoms with E-state index in [9.17, 15) is 13.2 Å². The fourth-order valence-corrected chi connectivity index (χ4v) is 5.19. The molecule has 5 nitrogen and oxygen atoms in total. The molecule has 112 valence electrons. The number of thiophene rings is 1. The summed E-state index contributed by atoms with van der Waals surface area (Å²) in [5.74, 6) is 0.0937. The fourth-order valence-electron chi connectivity index (χ4n) is 2.29. The molecule has 1 aliphatic rings. The number of aryl methyl sites for hydroxylation is 1. The van der Waals surface area contributed by atoms with Crippen LogP contribution < -0.4 is 0 Å². The molecule has 0 saturated carbocycles. The molecule has 0 N–H and O–H groups in total. The van der Waals surface area contributed by atoms with Crippen molar-refractivity contribution in [3.8, 4) is 0 Å². The summed E-state index contributed by atoms with van der Waals surface area (Å²) >= 11 is 1.30. The van der Waals surface area contributed by atoms with Gasteiger partial charge in [-0.25, -0.2) is 8.42 Å². The lowest BCUT2D eigenvalue weighted by molar-refractivity contribution is -0.130. The van der Waals surface area contributed by atoms with Gasteiger partial charge in [0.2, 0.25) is 5.91 Å². The molecule has 1 amide bonds. The predicted octanol–water partition coefficient (Wildman–Crippen LogP) is 1.69. The number of hydrogen-bond acceptors (Lipinski definition) is 4. The van der Waals surface area contributed by atoms with Crippen molar-refractivity contribution >= 4 is 27.3 Å². The first-order chi connectivity index (χ1) is 9.45.